The molecule has 1 aromatic carbocycles. The smallest absolute Gasteiger partial charge is 0.338 e. The van der Waals surface area contributed by atoms with Crippen molar-refractivity contribution in [2.75, 3.05) is 6.61 Å². The van der Waals surface area contributed by atoms with E-state index in [4.69, 9.17) is 15.2 Å². The van der Waals surface area contributed by atoms with Crippen LogP contribution in [0.3, 0.4) is 0 Å². The number of ether oxygens (including phenoxy) is 2. The minimum atomic E-state index is -0.951. The molecule has 0 bridgehead atoms. The third-order valence-electron chi connectivity index (χ3n) is 3.56. The van der Waals surface area contributed by atoms with Gasteiger partial charge in [0.15, 0.2) is 0 Å². The highest BCUT2D eigenvalue weighted by molar-refractivity contribution is 5.92. The number of rotatable bonds is 3. The van der Waals surface area contributed by atoms with Crippen molar-refractivity contribution in [3.05, 3.63) is 57.9 Å². The van der Waals surface area contributed by atoms with E-state index >= 15 is 0 Å². The number of aryl methyl sites for hydroxylation is 1. The summed E-state index contributed by atoms with van der Waals surface area (Å²) >= 11 is 0. The van der Waals surface area contributed by atoms with Crippen molar-refractivity contribution in [1.82, 2.24) is 0 Å². The van der Waals surface area contributed by atoms with Crippen molar-refractivity contribution in [2.24, 2.45) is 5.73 Å². The Labute approximate surface area is 133 Å². The Morgan fingerprint density at radius 3 is 2.78 bits per heavy atom. The Morgan fingerprint density at radius 1 is 1.48 bits per heavy atom. The molecule has 5 nitrogen and oxygen atoms in total. The van der Waals surface area contributed by atoms with Gasteiger partial charge in [-0.15, -0.1) is 0 Å². The summed E-state index contributed by atoms with van der Waals surface area (Å²) in [5, 5.41) is 9.40. The Balaban J connectivity index is 2.69. The zero-order valence-electron chi connectivity index (χ0n) is 13.1. The van der Waals surface area contributed by atoms with Gasteiger partial charge >= 0.3 is 5.97 Å². The molecule has 6 heteroatoms. The van der Waals surface area contributed by atoms with Gasteiger partial charge < -0.3 is 15.2 Å². The fourth-order valence-corrected chi connectivity index (χ4v) is 2.55. The third-order valence-corrected chi connectivity index (χ3v) is 3.56. The Hall–Kier alpha value is -2.81. The predicted octanol–water partition coefficient (Wildman–Crippen LogP) is 2.78. The number of carbonyl (C=O) groups is 1. The maximum Gasteiger partial charge on any atom is 0.338 e. The van der Waals surface area contributed by atoms with E-state index in [-0.39, 0.29) is 35.0 Å². The topological polar surface area (TPSA) is 85.3 Å². The lowest BCUT2D eigenvalue weighted by Gasteiger charge is -2.27. The van der Waals surface area contributed by atoms with Gasteiger partial charge in [-0.1, -0.05) is 17.7 Å². The molecule has 2 rings (SSSR count). The highest BCUT2D eigenvalue weighted by Gasteiger charge is 2.37. The molecule has 2 N–H and O–H groups in total. The molecule has 1 aromatic rings. The Morgan fingerprint density at radius 2 is 2.17 bits per heavy atom. The van der Waals surface area contributed by atoms with Crippen LogP contribution >= 0.6 is 0 Å². The molecule has 0 spiro atoms. The molecular weight excluding hydrogens is 299 g/mol. The number of hydrogen-bond donors (Lipinski definition) is 1. The first-order valence-electron chi connectivity index (χ1n) is 7.12. The van der Waals surface area contributed by atoms with Gasteiger partial charge in [-0.2, -0.15) is 5.26 Å². The molecule has 0 radical (unpaired) electrons. The summed E-state index contributed by atoms with van der Waals surface area (Å²) in [5.41, 5.74) is 6.82. The average Bonchev–Trinajstić information content (AvgIpc) is 2.49. The van der Waals surface area contributed by atoms with E-state index in [9.17, 15) is 14.4 Å². The number of esters is 1. The SMILES string of the molecule is CCOC(=O)C1=C(C)OC(N)=C(C#N)C1c1cc(C)ccc1F. The standard InChI is InChI=1S/C17H17FN2O3/c1-4-22-17(21)14-10(3)23-16(20)12(8-19)15(14)11-7-9(2)5-6-13(11)18/h5-7,15H,4,20H2,1-3H3. The maximum atomic E-state index is 14.4. The average molecular weight is 316 g/mol. The first-order chi connectivity index (χ1) is 10.9. The molecule has 1 atom stereocenters. The molecule has 23 heavy (non-hydrogen) atoms. The van der Waals surface area contributed by atoms with Crippen LogP contribution in [0.2, 0.25) is 0 Å². The summed E-state index contributed by atoms with van der Waals surface area (Å²) in [6.45, 7) is 5.14. The molecule has 0 amide bonds. The number of nitrogens with two attached hydrogens (primary N) is 1. The Kier molecular flexibility index (Phi) is 4.70. The minimum absolute atomic E-state index is 0.0110. The van der Waals surface area contributed by atoms with E-state index in [1.54, 1.807) is 26.0 Å². The predicted molar refractivity (Wildman–Crippen MR) is 81.1 cm³/mol. The van der Waals surface area contributed by atoms with Gasteiger partial charge in [-0.3, -0.25) is 0 Å². The van der Waals surface area contributed by atoms with Crippen molar-refractivity contribution in [1.29, 1.82) is 5.26 Å². The molecule has 1 heterocycles. The van der Waals surface area contributed by atoms with Crippen LogP contribution in [0.5, 0.6) is 0 Å². The van der Waals surface area contributed by atoms with Gasteiger partial charge in [0.1, 0.15) is 23.2 Å². The lowest BCUT2D eigenvalue weighted by Crippen LogP contribution is -2.26. The molecule has 0 saturated carbocycles. The number of nitrogens with zero attached hydrogens (tertiary/aromatic N) is 1. The van der Waals surface area contributed by atoms with Crippen LogP contribution in [0, 0.1) is 24.1 Å². The molecule has 0 saturated heterocycles. The van der Waals surface area contributed by atoms with Crippen molar-refractivity contribution >= 4 is 5.97 Å². The fraction of sp³-hybridized carbons (Fsp3) is 0.294. The molecule has 1 aliphatic rings. The Bertz CT molecular complexity index is 760. The van der Waals surface area contributed by atoms with Crippen molar-refractivity contribution in [3.63, 3.8) is 0 Å². The number of allylic oxidation sites excluding steroid dienone is 2. The van der Waals surface area contributed by atoms with E-state index in [2.05, 4.69) is 0 Å². The number of carbonyl (C=O) groups excluding carboxylic acids is 1. The number of hydrogen-bond acceptors (Lipinski definition) is 5. The van der Waals surface area contributed by atoms with Gasteiger partial charge in [0.05, 0.1) is 18.1 Å². The molecule has 120 valence electrons. The monoisotopic (exact) mass is 316 g/mol. The van der Waals surface area contributed by atoms with Crippen LogP contribution in [0.1, 0.15) is 30.9 Å². The van der Waals surface area contributed by atoms with Crippen molar-refractivity contribution in [3.8, 4) is 6.07 Å². The first kappa shape index (κ1) is 16.6. The summed E-state index contributed by atoms with van der Waals surface area (Å²) in [6, 6.07) is 6.41. The zero-order chi connectivity index (χ0) is 17.1. The fourth-order valence-electron chi connectivity index (χ4n) is 2.55. The molecule has 0 aliphatic carbocycles. The van der Waals surface area contributed by atoms with Gasteiger partial charge in [0, 0.05) is 5.56 Å². The van der Waals surface area contributed by atoms with Crippen molar-refractivity contribution in [2.45, 2.75) is 26.7 Å². The maximum absolute atomic E-state index is 14.4. The van der Waals surface area contributed by atoms with Gasteiger partial charge in [0.2, 0.25) is 5.88 Å². The molecule has 1 unspecified atom stereocenters. The molecular formula is C17H17FN2O3. The van der Waals surface area contributed by atoms with Gasteiger partial charge in [-0.25, -0.2) is 9.18 Å². The van der Waals surface area contributed by atoms with E-state index in [1.807, 2.05) is 6.07 Å². The summed E-state index contributed by atoms with van der Waals surface area (Å²) in [6.07, 6.45) is 0. The van der Waals surface area contributed by atoms with Crippen LogP contribution in [0.4, 0.5) is 4.39 Å². The summed E-state index contributed by atoms with van der Waals surface area (Å²) < 4.78 is 24.7. The van der Waals surface area contributed by atoms with Crippen molar-refractivity contribution < 1.29 is 18.7 Å². The molecule has 0 fully saturated rings. The van der Waals surface area contributed by atoms with E-state index in [0.29, 0.717) is 0 Å². The first-order valence-corrected chi connectivity index (χ1v) is 7.12. The highest BCUT2D eigenvalue weighted by atomic mass is 19.1. The van der Waals surface area contributed by atoms with Gasteiger partial charge in [0.25, 0.3) is 0 Å². The number of halogens is 1. The van der Waals surface area contributed by atoms with Crippen LogP contribution in [-0.2, 0) is 14.3 Å². The number of nitriles is 1. The second-order valence-corrected chi connectivity index (χ2v) is 5.14. The van der Waals surface area contributed by atoms with Crippen LogP contribution in [0.25, 0.3) is 0 Å². The molecule has 1 aliphatic heterocycles. The van der Waals surface area contributed by atoms with E-state index < -0.39 is 17.7 Å². The number of benzene rings is 1. The lowest BCUT2D eigenvalue weighted by atomic mass is 9.82. The normalized spacial score (nSPS) is 17.6. The second kappa shape index (κ2) is 6.53. The third kappa shape index (κ3) is 3.04. The largest absolute Gasteiger partial charge is 0.463 e. The van der Waals surface area contributed by atoms with Crippen LogP contribution < -0.4 is 5.73 Å². The van der Waals surface area contributed by atoms with E-state index in [1.165, 1.54) is 13.0 Å². The second-order valence-electron chi connectivity index (χ2n) is 5.14. The summed E-state index contributed by atoms with van der Waals surface area (Å²) in [4.78, 5) is 12.3. The quantitative estimate of drug-likeness (QED) is 0.867. The summed E-state index contributed by atoms with van der Waals surface area (Å²) in [7, 11) is 0. The van der Waals surface area contributed by atoms with Crippen LogP contribution in [0.15, 0.2) is 41.0 Å². The minimum Gasteiger partial charge on any atom is -0.463 e. The lowest BCUT2D eigenvalue weighted by molar-refractivity contribution is -0.139. The summed E-state index contributed by atoms with van der Waals surface area (Å²) in [5.74, 6) is -2.07. The van der Waals surface area contributed by atoms with Gasteiger partial charge in [-0.05, 0) is 26.8 Å². The zero-order valence-corrected chi connectivity index (χ0v) is 13.1. The van der Waals surface area contributed by atoms with Crippen LogP contribution in [-0.4, -0.2) is 12.6 Å². The highest BCUT2D eigenvalue weighted by Crippen LogP contribution is 2.40. The molecule has 0 aromatic heterocycles. The van der Waals surface area contributed by atoms with E-state index in [0.717, 1.165) is 5.56 Å².